The molecule has 0 aliphatic rings. The van der Waals surface area contributed by atoms with E-state index in [9.17, 15) is 9.59 Å². The van der Waals surface area contributed by atoms with Crippen molar-refractivity contribution in [2.75, 3.05) is 12.3 Å². The van der Waals surface area contributed by atoms with Gasteiger partial charge >= 0.3 is 5.97 Å². The highest BCUT2D eigenvalue weighted by atomic mass is 32.1. The van der Waals surface area contributed by atoms with Crippen molar-refractivity contribution in [3.8, 4) is 11.3 Å². The van der Waals surface area contributed by atoms with Crippen LogP contribution in [0, 0.1) is 6.92 Å². The summed E-state index contributed by atoms with van der Waals surface area (Å²) in [5, 5.41) is 3.15. The predicted molar refractivity (Wildman–Crippen MR) is 99.3 cm³/mol. The van der Waals surface area contributed by atoms with Gasteiger partial charge in [-0.2, -0.15) is 0 Å². The molecule has 2 rings (SSSR count). The van der Waals surface area contributed by atoms with Gasteiger partial charge in [0.2, 0.25) is 0 Å². The van der Waals surface area contributed by atoms with Gasteiger partial charge in [0.25, 0.3) is 5.91 Å². The zero-order valence-electron chi connectivity index (χ0n) is 14.7. The van der Waals surface area contributed by atoms with Crippen molar-refractivity contribution in [3.63, 3.8) is 0 Å². The van der Waals surface area contributed by atoms with Gasteiger partial charge in [-0.3, -0.25) is 9.59 Å². The molecule has 0 saturated heterocycles. The molecule has 0 fully saturated rings. The first-order valence-corrected chi connectivity index (χ1v) is 8.98. The monoisotopic (exact) mass is 361 g/mol. The molecule has 2 aromatic rings. The molecule has 0 saturated carbocycles. The first-order valence-electron chi connectivity index (χ1n) is 8.16. The van der Waals surface area contributed by atoms with Crippen LogP contribution in [0.25, 0.3) is 11.3 Å². The number of ether oxygens (including phenoxy) is 1. The maximum absolute atomic E-state index is 12.1. The Morgan fingerprint density at radius 3 is 2.64 bits per heavy atom. The zero-order valence-corrected chi connectivity index (χ0v) is 15.5. The number of carbonyl (C=O) groups excluding carboxylic acids is 2. The molecule has 3 N–H and O–H groups in total. The standard InChI is InChI=1S/C18H23N3O3S/c1-4-12(3)20-15(22)10-24-16(23)9-14-17(21-18(19)25-14)13-7-5-11(2)6-8-13/h5-8,12H,4,9-10H2,1-3H3,(H2,19,21)(H,20,22)/t12-/m1/s1. The fraction of sp³-hybridized carbons (Fsp3) is 0.389. The van der Waals surface area contributed by atoms with Crippen LogP contribution in [0.5, 0.6) is 0 Å². The summed E-state index contributed by atoms with van der Waals surface area (Å²) in [5.74, 6) is -0.776. The second-order valence-electron chi connectivity index (χ2n) is 5.90. The summed E-state index contributed by atoms with van der Waals surface area (Å²) in [6.45, 7) is 5.59. The van der Waals surface area contributed by atoms with Crippen molar-refractivity contribution in [3.05, 3.63) is 34.7 Å². The predicted octanol–water partition coefficient (Wildman–Crippen LogP) is 2.70. The van der Waals surface area contributed by atoms with Crippen molar-refractivity contribution in [1.29, 1.82) is 0 Å². The topological polar surface area (TPSA) is 94.3 Å². The van der Waals surface area contributed by atoms with Gasteiger partial charge in [-0.05, 0) is 20.3 Å². The highest BCUT2D eigenvalue weighted by Gasteiger charge is 2.17. The van der Waals surface area contributed by atoms with Gasteiger partial charge in [-0.25, -0.2) is 4.98 Å². The third-order valence-electron chi connectivity index (χ3n) is 3.73. The van der Waals surface area contributed by atoms with E-state index in [-0.39, 0.29) is 25.0 Å². The van der Waals surface area contributed by atoms with Crippen LogP contribution < -0.4 is 11.1 Å². The SMILES string of the molecule is CC[C@@H](C)NC(=O)COC(=O)Cc1sc(N)nc1-c1ccc(C)cc1. The highest BCUT2D eigenvalue weighted by molar-refractivity contribution is 7.15. The van der Waals surface area contributed by atoms with E-state index in [4.69, 9.17) is 10.5 Å². The molecule has 0 radical (unpaired) electrons. The largest absolute Gasteiger partial charge is 0.455 e. The van der Waals surface area contributed by atoms with Gasteiger partial charge in [0, 0.05) is 16.5 Å². The molecular weight excluding hydrogens is 338 g/mol. The van der Waals surface area contributed by atoms with Gasteiger partial charge in [-0.15, -0.1) is 11.3 Å². The van der Waals surface area contributed by atoms with E-state index >= 15 is 0 Å². The van der Waals surface area contributed by atoms with Crippen LogP contribution in [-0.4, -0.2) is 29.5 Å². The Morgan fingerprint density at radius 2 is 2.00 bits per heavy atom. The molecule has 0 bridgehead atoms. The van der Waals surface area contributed by atoms with Crippen molar-refractivity contribution >= 4 is 28.3 Å². The fourth-order valence-corrected chi connectivity index (χ4v) is 3.01. The lowest BCUT2D eigenvalue weighted by molar-refractivity contribution is -0.148. The third kappa shape index (κ3) is 5.56. The van der Waals surface area contributed by atoms with Crippen molar-refractivity contribution in [2.45, 2.75) is 39.7 Å². The normalized spacial score (nSPS) is 11.8. The van der Waals surface area contributed by atoms with Crippen LogP contribution in [0.3, 0.4) is 0 Å². The minimum Gasteiger partial charge on any atom is -0.455 e. The summed E-state index contributed by atoms with van der Waals surface area (Å²) in [4.78, 5) is 28.8. The van der Waals surface area contributed by atoms with E-state index in [1.807, 2.05) is 45.0 Å². The first kappa shape index (κ1) is 18.9. The number of aromatic nitrogens is 1. The molecular formula is C18H23N3O3S. The minimum absolute atomic E-state index is 0.0364. The van der Waals surface area contributed by atoms with Gasteiger partial charge in [-0.1, -0.05) is 36.8 Å². The first-order chi connectivity index (χ1) is 11.9. The maximum atomic E-state index is 12.1. The number of esters is 1. The molecule has 0 unspecified atom stereocenters. The average molecular weight is 361 g/mol. The fourth-order valence-electron chi connectivity index (χ4n) is 2.17. The van der Waals surface area contributed by atoms with Crippen LogP contribution in [0.2, 0.25) is 0 Å². The number of amides is 1. The molecule has 1 amide bonds. The van der Waals surface area contributed by atoms with Crippen LogP contribution in [0.4, 0.5) is 5.13 Å². The molecule has 7 heteroatoms. The molecule has 1 aromatic heterocycles. The number of nitrogens with zero attached hydrogens (tertiary/aromatic N) is 1. The average Bonchev–Trinajstić information content (AvgIpc) is 2.93. The zero-order chi connectivity index (χ0) is 18.4. The van der Waals surface area contributed by atoms with E-state index in [1.54, 1.807) is 0 Å². The summed E-state index contributed by atoms with van der Waals surface area (Å²) < 4.78 is 5.06. The summed E-state index contributed by atoms with van der Waals surface area (Å²) in [7, 11) is 0. The lowest BCUT2D eigenvalue weighted by Gasteiger charge is -2.11. The lowest BCUT2D eigenvalue weighted by Crippen LogP contribution is -2.35. The van der Waals surface area contributed by atoms with Gasteiger partial charge in [0.05, 0.1) is 12.1 Å². The lowest BCUT2D eigenvalue weighted by atomic mass is 10.1. The number of nitrogens with one attached hydrogen (secondary N) is 1. The smallest absolute Gasteiger partial charge is 0.311 e. The van der Waals surface area contributed by atoms with E-state index < -0.39 is 5.97 Å². The molecule has 1 aromatic carbocycles. The molecule has 0 aliphatic carbocycles. The molecule has 1 heterocycles. The van der Waals surface area contributed by atoms with Crippen LogP contribution in [-0.2, 0) is 20.7 Å². The Hall–Kier alpha value is -2.41. The number of nitrogens with two attached hydrogens (primary N) is 1. The molecule has 1 atom stereocenters. The van der Waals surface area contributed by atoms with Crippen molar-refractivity contribution < 1.29 is 14.3 Å². The molecule has 0 spiro atoms. The third-order valence-corrected chi connectivity index (χ3v) is 4.61. The van der Waals surface area contributed by atoms with E-state index in [1.165, 1.54) is 11.3 Å². The Bertz CT molecular complexity index is 741. The summed E-state index contributed by atoms with van der Waals surface area (Å²) >= 11 is 1.26. The van der Waals surface area contributed by atoms with Gasteiger partial charge < -0.3 is 15.8 Å². The number of anilines is 1. The van der Waals surface area contributed by atoms with Crippen LogP contribution in [0.15, 0.2) is 24.3 Å². The Morgan fingerprint density at radius 1 is 1.32 bits per heavy atom. The Balaban J connectivity index is 1.99. The number of carbonyl (C=O) groups is 2. The number of benzene rings is 1. The Labute approximate surface area is 151 Å². The van der Waals surface area contributed by atoms with Crippen molar-refractivity contribution in [2.24, 2.45) is 0 Å². The number of hydrogen-bond acceptors (Lipinski definition) is 6. The number of hydrogen-bond donors (Lipinski definition) is 2. The van der Waals surface area contributed by atoms with Crippen LogP contribution >= 0.6 is 11.3 Å². The molecule has 0 aliphatic heterocycles. The van der Waals surface area contributed by atoms with Gasteiger partial charge in [0.15, 0.2) is 11.7 Å². The van der Waals surface area contributed by atoms with E-state index in [2.05, 4.69) is 10.3 Å². The molecule has 25 heavy (non-hydrogen) atoms. The summed E-state index contributed by atoms with van der Waals surface area (Å²) in [6, 6.07) is 7.90. The van der Waals surface area contributed by atoms with Gasteiger partial charge in [0.1, 0.15) is 0 Å². The van der Waals surface area contributed by atoms with Crippen molar-refractivity contribution in [1.82, 2.24) is 10.3 Å². The number of thiazole rings is 1. The quantitative estimate of drug-likeness (QED) is 0.740. The number of aryl methyl sites for hydroxylation is 1. The second-order valence-corrected chi connectivity index (χ2v) is 7.02. The number of nitrogen functional groups attached to an aromatic ring is 1. The Kier molecular flexibility index (Phi) is 6.52. The molecule has 6 nitrogen and oxygen atoms in total. The minimum atomic E-state index is -0.476. The summed E-state index contributed by atoms with van der Waals surface area (Å²) in [5.41, 5.74) is 8.53. The molecule has 134 valence electrons. The van der Waals surface area contributed by atoms with E-state index in [0.717, 1.165) is 22.4 Å². The second kappa shape index (κ2) is 8.62. The maximum Gasteiger partial charge on any atom is 0.311 e. The van der Waals surface area contributed by atoms with E-state index in [0.29, 0.717) is 10.8 Å². The van der Waals surface area contributed by atoms with Crippen LogP contribution in [0.1, 0.15) is 30.7 Å². The summed E-state index contributed by atoms with van der Waals surface area (Å²) in [6.07, 6.45) is 0.856. The number of rotatable bonds is 7. The highest BCUT2D eigenvalue weighted by Crippen LogP contribution is 2.30.